The van der Waals surface area contributed by atoms with Crippen LogP contribution in [0.25, 0.3) is 0 Å². The molecular formula is C19H17Cl3N4O5. The van der Waals surface area contributed by atoms with Crippen LogP contribution in [0.4, 0.5) is 5.69 Å². The van der Waals surface area contributed by atoms with Crippen molar-refractivity contribution in [3.8, 4) is 0 Å². The van der Waals surface area contributed by atoms with E-state index in [1.807, 2.05) is 0 Å². The molecule has 2 rings (SSSR count). The summed E-state index contributed by atoms with van der Waals surface area (Å²) in [5.41, 5.74) is 0.411. The van der Waals surface area contributed by atoms with E-state index in [0.717, 1.165) is 0 Å². The number of hydrogen-bond donors (Lipinski definition) is 3. The van der Waals surface area contributed by atoms with Gasteiger partial charge in [-0.1, -0.05) is 34.8 Å². The molecule has 0 fully saturated rings. The Bertz CT molecular complexity index is 1000. The first-order valence-electron chi connectivity index (χ1n) is 8.78. The summed E-state index contributed by atoms with van der Waals surface area (Å²) in [6.07, 6.45) is 0.309. The lowest BCUT2D eigenvalue weighted by molar-refractivity contribution is -0.152. The van der Waals surface area contributed by atoms with Crippen LogP contribution < -0.4 is 16.0 Å². The van der Waals surface area contributed by atoms with E-state index in [1.54, 1.807) is 6.07 Å². The van der Waals surface area contributed by atoms with E-state index in [0.29, 0.717) is 5.02 Å². The molecule has 12 heteroatoms. The average Bonchev–Trinajstić information content (AvgIpc) is 2.72. The van der Waals surface area contributed by atoms with Crippen LogP contribution in [0.5, 0.6) is 0 Å². The minimum atomic E-state index is -1.15. The zero-order valence-corrected chi connectivity index (χ0v) is 18.3. The molecule has 0 aliphatic heterocycles. The van der Waals surface area contributed by atoms with Crippen LogP contribution in [0.1, 0.15) is 17.3 Å². The first-order chi connectivity index (χ1) is 14.7. The first-order valence-corrected chi connectivity index (χ1v) is 9.91. The maximum atomic E-state index is 12.1. The van der Waals surface area contributed by atoms with Crippen molar-refractivity contribution in [1.82, 2.24) is 15.6 Å². The molecule has 0 saturated heterocycles. The summed E-state index contributed by atoms with van der Waals surface area (Å²) in [5, 5.41) is 7.69. The van der Waals surface area contributed by atoms with Crippen molar-refractivity contribution < 1.29 is 23.9 Å². The van der Waals surface area contributed by atoms with E-state index >= 15 is 0 Å². The largest absolute Gasteiger partial charge is 0.451 e. The summed E-state index contributed by atoms with van der Waals surface area (Å²) >= 11 is 17.5. The summed E-state index contributed by atoms with van der Waals surface area (Å²) in [6.45, 7) is 0.456. The number of hydrogen-bond acceptors (Lipinski definition) is 6. The second-order valence-corrected chi connectivity index (χ2v) is 7.25. The molecule has 9 nitrogen and oxygen atoms in total. The standard InChI is InChI=1S/C19H17Cl3N4O5/c1-10(18(29)26-14-3-2-6-23-17(14)22)31-16(28)9-24-15(27)8-25-19(30)12-5-4-11(20)7-13(12)21/h2-7,10H,8-9H2,1H3,(H,24,27)(H,25,30)(H,26,29). The number of benzene rings is 1. The summed E-state index contributed by atoms with van der Waals surface area (Å²) in [5.74, 6) is -2.70. The second-order valence-electron chi connectivity index (χ2n) is 6.05. The van der Waals surface area contributed by atoms with Gasteiger partial charge in [0.1, 0.15) is 6.54 Å². The highest BCUT2D eigenvalue weighted by atomic mass is 35.5. The molecule has 1 aromatic heterocycles. The Morgan fingerprint density at radius 2 is 1.81 bits per heavy atom. The van der Waals surface area contributed by atoms with Gasteiger partial charge >= 0.3 is 5.97 Å². The van der Waals surface area contributed by atoms with E-state index in [1.165, 1.54) is 37.4 Å². The van der Waals surface area contributed by atoms with Gasteiger partial charge in [-0.25, -0.2) is 4.98 Å². The Kier molecular flexibility index (Phi) is 9.04. The molecule has 1 heterocycles. The van der Waals surface area contributed by atoms with Crippen LogP contribution >= 0.6 is 34.8 Å². The Morgan fingerprint density at radius 1 is 1.06 bits per heavy atom. The first kappa shape index (κ1) is 24.4. The number of ether oxygens (including phenoxy) is 1. The van der Waals surface area contributed by atoms with Gasteiger partial charge in [0.15, 0.2) is 11.3 Å². The van der Waals surface area contributed by atoms with E-state index in [4.69, 9.17) is 39.5 Å². The third-order valence-corrected chi connectivity index (χ3v) is 4.56. The third-order valence-electron chi connectivity index (χ3n) is 3.71. The van der Waals surface area contributed by atoms with Crippen LogP contribution in [-0.2, 0) is 19.1 Å². The third kappa shape index (κ3) is 7.71. The van der Waals surface area contributed by atoms with Crippen LogP contribution in [0.3, 0.4) is 0 Å². The zero-order chi connectivity index (χ0) is 23.0. The van der Waals surface area contributed by atoms with Gasteiger partial charge < -0.3 is 20.7 Å². The lowest BCUT2D eigenvalue weighted by Gasteiger charge is -2.14. The summed E-state index contributed by atoms with van der Waals surface area (Å²) < 4.78 is 4.95. The van der Waals surface area contributed by atoms with Crippen molar-refractivity contribution >= 4 is 64.2 Å². The lowest BCUT2D eigenvalue weighted by atomic mass is 10.2. The molecule has 3 amide bonds. The monoisotopic (exact) mass is 486 g/mol. The van der Waals surface area contributed by atoms with Gasteiger partial charge in [0, 0.05) is 11.2 Å². The normalized spacial score (nSPS) is 11.2. The van der Waals surface area contributed by atoms with Crippen molar-refractivity contribution in [2.45, 2.75) is 13.0 Å². The molecule has 0 saturated carbocycles. The van der Waals surface area contributed by atoms with Crippen molar-refractivity contribution in [2.75, 3.05) is 18.4 Å². The van der Waals surface area contributed by atoms with E-state index in [9.17, 15) is 19.2 Å². The smallest absolute Gasteiger partial charge is 0.326 e. The van der Waals surface area contributed by atoms with Crippen molar-refractivity contribution in [1.29, 1.82) is 0 Å². The lowest BCUT2D eigenvalue weighted by Crippen LogP contribution is -2.40. The topological polar surface area (TPSA) is 126 Å². The van der Waals surface area contributed by atoms with Gasteiger partial charge in [0.25, 0.3) is 11.8 Å². The van der Waals surface area contributed by atoms with Gasteiger partial charge in [0.05, 0.1) is 22.8 Å². The van der Waals surface area contributed by atoms with Gasteiger partial charge in [-0.05, 0) is 37.3 Å². The Morgan fingerprint density at radius 3 is 2.48 bits per heavy atom. The molecule has 0 radical (unpaired) electrons. The van der Waals surface area contributed by atoms with E-state index in [-0.39, 0.29) is 21.4 Å². The number of pyridine rings is 1. The molecule has 0 bridgehead atoms. The molecule has 0 aliphatic carbocycles. The number of anilines is 1. The summed E-state index contributed by atoms with van der Waals surface area (Å²) in [4.78, 5) is 51.6. The fourth-order valence-electron chi connectivity index (χ4n) is 2.17. The number of nitrogens with one attached hydrogen (secondary N) is 3. The van der Waals surface area contributed by atoms with E-state index in [2.05, 4.69) is 20.9 Å². The van der Waals surface area contributed by atoms with Crippen LogP contribution in [0.2, 0.25) is 15.2 Å². The molecule has 1 aromatic carbocycles. The number of esters is 1. The van der Waals surface area contributed by atoms with Crippen molar-refractivity contribution in [3.05, 3.63) is 57.3 Å². The fourth-order valence-corrected chi connectivity index (χ4v) is 2.83. The average molecular weight is 488 g/mol. The molecule has 1 atom stereocenters. The molecule has 0 spiro atoms. The molecule has 0 aliphatic rings. The quantitative estimate of drug-likeness (QED) is 0.388. The Labute approximate surface area is 192 Å². The summed E-state index contributed by atoms with van der Waals surface area (Å²) in [6, 6.07) is 7.41. The Hall–Kier alpha value is -2.88. The molecule has 1 unspecified atom stereocenters. The number of amides is 3. The van der Waals surface area contributed by atoms with Gasteiger partial charge in [-0.3, -0.25) is 19.2 Å². The van der Waals surface area contributed by atoms with Crippen LogP contribution in [0.15, 0.2) is 36.5 Å². The maximum absolute atomic E-state index is 12.1. The molecule has 164 valence electrons. The number of rotatable bonds is 8. The highest BCUT2D eigenvalue weighted by Gasteiger charge is 2.19. The number of carbonyl (C=O) groups is 4. The minimum Gasteiger partial charge on any atom is -0.451 e. The highest BCUT2D eigenvalue weighted by molar-refractivity contribution is 6.36. The Balaban J connectivity index is 1.73. The molecular weight excluding hydrogens is 471 g/mol. The highest BCUT2D eigenvalue weighted by Crippen LogP contribution is 2.20. The molecule has 3 N–H and O–H groups in total. The minimum absolute atomic E-state index is 0.0866. The van der Waals surface area contributed by atoms with Gasteiger partial charge in [0.2, 0.25) is 5.91 Å². The van der Waals surface area contributed by atoms with Crippen molar-refractivity contribution in [3.63, 3.8) is 0 Å². The predicted octanol–water partition coefficient (Wildman–Crippen LogP) is 2.46. The number of halogens is 3. The number of carbonyl (C=O) groups excluding carboxylic acids is 4. The zero-order valence-electron chi connectivity index (χ0n) is 16.1. The van der Waals surface area contributed by atoms with E-state index < -0.39 is 42.9 Å². The number of nitrogens with zero attached hydrogens (tertiary/aromatic N) is 1. The molecule has 2 aromatic rings. The SMILES string of the molecule is CC(OC(=O)CNC(=O)CNC(=O)c1ccc(Cl)cc1Cl)C(=O)Nc1cccnc1Cl. The maximum Gasteiger partial charge on any atom is 0.326 e. The van der Waals surface area contributed by atoms with Crippen molar-refractivity contribution in [2.24, 2.45) is 0 Å². The molecule has 31 heavy (non-hydrogen) atoms. The number of aromatic nitrogens is 1. The van der Waals surface area contributed by atoms with Gasteiger partial charge in [-0.15, -0.1) is 0 Å². The van der Waals surface area contributed by atoms with Crippen LogP contribution in [0, 0.1) is 0 Å². The summed E-state index contributed by atoms with van der Waals surface area (Å²) in [7, 11) is 0. The predicted molar refractivity (Wildman–Crippen MR) is 115 cm³/mol. The van der Waals surface area contributed by atoms with Crippen LogP contribution in [-0.4, -0.2) is 47.9 Å². The van der Waals surface area contributed by atoms with Gasteiger partial charge in [-0.2, -0.15) is 0 Å². The fraction of sp³-hybridized carbons (Fsp3) is 0.211. The second kappa shape index (κ2) is 11.5.